The van der Waals surface area contributed by atoms with Gasteiger partial charge in [-0.15, -0.1) is 12.4 Å². The van der Waals surface area contributed by atoms with Crippen molar-refractivity contribution in [3.8, 4) is 11.5 Å². The minimum atomic E-state index is -0.707. The molecule has 6 nitrogen and oxygen atoms in total. The topological polar surface area (TPSA) is 90.7 Å². The quantitative estimate of drug-likeness (QED) is 0.362. The van der Waals surface area contributed by atoms with Crippen molar-refractivity contribution in [3.05, 3.63) is 63.5 Å². The summed E-state index contributed by atoms with van der Waals surface area (Å²) < 4.78 is 10.9. The number of amides is 1. The zero-order valence-corrected chi connectivity index (χ0v) is 18.9. The van der Waals surface area contributed by atoms with Crippen LogP contribution < -0.4 is 15.8 Å². The number of hydrogen-bond acceptors (Lipinski definition) is 7. The highest BCUT2D eigenvalue weighted by Crippen LogP contribution is 2.31. The molecule has 0 aliphatic carbocycles. The molecule has 0 radical (unpaired) electrons. The summed E-state index contributed by atoms with van der Waals surface area (Å²) in [5, 5.41) is 3.01. The van der Waals surface area contributed by atoms with Gasteiger partial charge in [-0.25, -0.2) is 0 Å². The maximum Gasteiger partial charge on any atom is 0.322 e. The molecule has 1 atom stereocenters. The van der Waals surface area contributed by atoms with Crippen molar-refractivity contribution in [1.29, 1.82) is 0 Å². The Morgan fingerprint density at radius 2 is 1.93 bits per heavy atom. The second-order valence-electron chi connectivity index (χ2n) is 6.12. The zero-order chi connectivity index (χ0) is 21.0. The summed E-state index contributed by atoms with van der Waals surface area (Å²) in [7, 11) is 1.31. The molecule has 0 saturated carbocycles. The summed E-state index contributed by atoms with van der Waals surface area (Å²) >= 11 is 12.5. The van der Waals surface area contributed by atoms with Crippen molar-refractivity contribution >= 4 is 70.3 Å². The summed E-state index contributed by atoms with van der Waals surface area (Å²) in [6, 6.07) is 11.7. The number of ether oxygens (including phenoxy) is 2. The lowest BCUT2D eigenvalue weighted by Gasteiger charge is -2.11. The van der Waals surface area contributed by atoms with E-state index in [4.69, 9.17) is 34.3 Å². The lowest BCUT2D eigenvalue weighted by molar-refractivity contribution is -0.142. The molecule has 0 spiro atoms. The standard InChI is InChI=1S/C20H17ClN2O4S2.ClH/c1-26-19(25)16(22)8-11-2-5-13(6-3-11)27-14-7-4-12(15(21)10-14)9-17-18(24)23-20(28)29-17;/h2-7,9-10,16H,8,22H2,1H3,(H,23,24,28);1H/b17-9-;/t16-;/m0./s1. The molecule has 1 heterocycles. The van der Waals surface area contributed by atoms with Crippen LogP contribution in [0.25, 0.3) is 6.08 Å². The van der Waals surface area contributed by atoms with Crippen LogP contribution in [0.15, 0.2) is 47.4 Å². The third-order valence-electron chi connectivity index (χ3n) is 4.02. The van der Waals surface area contributed by atoms with Gasteiger partial charge in [0.2, 0.25) is 0 Å². The molecule has 30 heavy (non-hydrogen) atoms. The van der Waals surface area contributed by atoms with Crippen LogP contribution in [-0.2, 0) is 20.7 Å². The van der Waals surface area contributed by atoms with Crippen molar-refractivity contribution < 1.29 is 19.1 Å². The summed E-state index contributed by atoms with van der Waals surface area (Å²) in [6.45, 7) is 0. The van der Waals surface area contributed by atoms with Crippen LogP contribution in [0.1, 0.15) is 11.1 Å². The highest BCUT2D eigenvalue weighted by atomic mass is 35.5. The number of esters is 1. The molecule has 158 valence electrons. The van der Waals surface area contributed by atoms with Crippen molar-refractivity contribution in [2.75, 3.05) is 7.11 Å². The molecular weight excluding hydrogens is 467 g/mol. The van der Waals surface area contributed by atoms with Crippen LogP contribution in [0.4, 0.5) is 0 Å². The number of nitrogens with two attached hydrogens (primary N) is 1. The molecule has 1 aliphatic rings. The Morgan fingerprint density at radius 3 is 2.50 bits per heavy atom. The molecule has 1 amide bonds. The van der Waals surface area contributed by atoms with E-state index in [1.54, 1.807) is 36.4 Å². The predicted octanol–water partition coefficient (Wildman–Crippen LogP) is 4.09. The Morgan fingerprint density at radius 1 is 1.27 bits per heavy atom. The summed E-state index contributed by atoms with van der Waals surface area (Å²) in [5.74, 6) is 0.475. The van der Waals surface area contributed by atoms with Gasteiger partial charge in [-0.1, -0.05) is 47.7 Å². The van der Waals surface area contributed by atoms with Gasteiger partial charge in [-0.2, -0.15) is 0 Å². The van der Waals surface area contributed by atoms with E-state index in [-0.39, 0.29) is 18.3 Å². The second-order valence-corrected chi connectivity index (χ2v) is 8.24. The predicted molar refractivity (Wildman–Crippen MR) is 125 cm³/mol. The molecule has 1 saturated heterocycles. The molecule has 2 aromatic carbocycles. The van der Waals surface area contributed by atoms with E-state index in [9.17, 15) is 9.59 Å². The van der Waals surface area contributed by atoms with Gasteiger partial charge in [0.15, 0.2) is 0 Å². The van der Waals surface area contributed by atoms with E-state index in [0.717, 1.165) is 5.56 Å². The van der Waals surface area contributed by atoms with Gasteiger partial charge in [0.05, 0.1) is 17.0 Å². The number of carbonyl (C=O) groups is 2. The number of benzene rings is 2. The van der Waals surface area contributed by atoms with Crippen LogP contribution >= 0.6 is 48.0 Å². The Bertz CT molecular complexity index is 997. The average molecular weight is 485 g/mol. The third kappa shape index (κ3) is 6.20. The van der Waals surface area contributed by atoms with Gasteiger partial charge in [-0.05, 0) is 54.0 Å². The zero-order valence-electron chi connectivity index (χ0n) is 15.7. The summed E-state index contributed by atoms with van der Waals surface area (Å²) in [6.07, 6.45) is 2.06. The third-order valence-corrected chi connectivity index (χ3v) is 5.51. The Kier molecular flexibility index (Phi) is 8.69. The van der Waals surface area contributed by atoms with Crippen molar-refractivity contribution in [2.24, 2.45) is 5.73 Å². The first-order chi connectivity index (χ1) is 13.9. The molecule has 1 fully saturated rings. The van der Waals surface area contributed by atoms with E-state index in [0.29, 0.717) is 37.7 Å². The number of thioether (sulfide) groups is 1. The maximum absolute atomic E-state index is 11.8. The molecule has 0 aromatic heterocycles. The minimum absolute atomic E-state index is 0. The lowest BCUT2D eigenvalue weighted by Crippen LogP contribution is -2.33. The first kappa shape index (κ1) is 24.2. The van der Waals surface area contributed by atoms with E-state index in [1.807, 2.05) is 12.1 Å². The maximum atomic E-state index is 11.8. The first-order valence-corrected chi connectivity index (χ1v) is 10.1. The molecule has 0 bridgehead atoms. The van der Waals surface area contributed by atoms with Crippen molar-refractivity contribution in [3.63, 3.8) is 0 Å². The number of nitrogens with one attached hydrogen (secondary N) is 1. The number of methoxy groups -OCH3 is 1. The molecule has 3 rings (SSSR count). The van der Waals surface area contributed by atoms with Crippen LogP contribution in [0, 0.1) is 0 Å². The van der Waals surface area contributed by atoms with Gasteiger partial charge in [-0.3, -0.25) is 9.59 Å². The molecular formula is C20H18Cl2N2O4S2. The van der Waals surface area contributed by atoms with Crippen molar-refractivity contribution in [1.82, 2.24) is 5.32 Å². The van der Waals surface area contributed by atoms with E-state index >= 15 is 0 Å². The normalized spacial score (nSPS) is 15.4. The average Bonchev–Trinajstić information content (AvgIpc) is 3.01. The molecule has 2 aromatic rings. The molecule has 1 aliphatic heterocycles. The minimum Gasteiger partial charge on any atom is -0.468 e. The highest BCUT2D eigenvalue weighted by molar-refractivity contribution is 8.26. The lowest BCUT2D eigenvalue weighted by atomic mass is 10.1. The van der Waals surface area contributed by atoms with Gasteiger partial charge < -0.3 is 20.5 Å². The number of rotatable bonds is 6. The first-order valence-electron chi connectivity index (χ1n) is 8.50. The largest absolute Gasteiger partial charge is 0.468 e. The van der Waals surface area contributed by atoms with E-state index in [2.05, 4.69) is 10.1 Å². The summed E-state index contributed by atoms with van der Waals surface area (Å²) in [4.78, 5) is 23.7. The fraction of sp³-hybridized carbons (Fsp3) is 0.150. The second kappa shape index (κ2) is 10.8. The number of thiocarbonyl (C=S) groups is 1. The number of hydrogen-bond donors (Lipinski definition) is 2. The van der Waals surface area contributed by atoms with Crippen LogP contribution in [-0.4, -0.2) is 29.3 Å². The van der Waals surface area contributed by atoms with E-state index in [1.165, 1.54) is 18.9 Å². The van der Waals surface area contributed by atoms with Crippen molar-refractivity contribution in [2.45, 2.75) is 12.5 Å². The Balaban J connectivity index is 0.00000320. The van der Waals surface area contributed by atoms with Gasteiger partial charge in [0.25, 0.3) is 5.91 Å². The molecule has 0 unspecified atom stereocenters. The Hall–Kier alpha value is -2.10. The SMILES string of the molecule is COC(=O)[C@@H](N)Cc1ccc(Oc2ccc(/C=C3\SC(=S)NC3=O)c(Cl)c2)cc1.Cl. The fourth-order valence-corrected chi connectivity index (χ4v) is 3.83. The summed E-state index contributed by atoms with van der Waals surface area (Å²) in [5.41, 5.74) is 7.35. The smallest absolute Gasteiger partial charge is 0.322 e. The van der Waals surface area contributed by atoms with Gasteiger partial charge in [0, 0.05) is 0 Å². The molecule has 10 heteroatoms. The fourth-order valence-electron chi connectivity index (χ4n) is 2.57. The molecule has 3 N–H and O–H groups in total. The van der Waals surface area contributed by atoms with Crippen LogP contribution in [0.2, 0.25) is 5.02 Å². The van der Waals surface area contributed by atoms with Crippen LogP contribution in [0.5, 0.6) is 11.5 Å². The van der Waals surface area contributed by atoms with E-state index < -0.39 is 12.0 Å². The number of halogens is 2. The van der Waals surface area contributed by atoms with Gasteiger partial charge in [0.1, 0.15) is 21.9 Å². The monoisotopic (exact) mass is 484 g/mol. The van der Waals surface area contributed by atoms with Gasteiger partial charge >= 0.3 is 5.97 Å². The highest BCUT2D eigenvalue weighted by Gasteiger charge is 2.22. The Labute approximate surface area is 194 Å². The van der Waals surface area contributed by atoms with Crippen LogP contribution in [0.3, 0.4) is 0 Å². The number of carbonyl (C=O) groups excluding carboxylic acids is 2.